The number of Topliss-reactive ketones (excluding diaryl/α,β-unsaturated/α-hetero) is 2. The number of hydrogen-bond donors (Lipinski definition) is 1. The number of amides is 1. The van der Waals surface area contributed by atoms with Gasteiger partial charge in [-0.05, 0) is 38.3 Å². The Bertz CT molecular complexity index is 836. The minimum Gasteiger partial charge on any atom is -0.351 e. The molecule has 0 saturated carbocycles. The van der Waals surface area contributed by atoms with Crippen molar-refractivity contribution in [3.63, 3.8) is 0 Å². The SMILES string of the molecule is Cc1cc(C(=O)C2C(=O)NC(CCc3ccccc3)C2=O)c(C)n1C. The van der Waals surface area contributed by atoms with Crippen molar-refractivity contribution in [2.45, 2.75) is 32.7 Å². The summed E-state index contributed by atoms with van der Waals surface area (Å²) in [6, 6.07) is 10.9. The van der Waals surface area contributed by atoms with E-state index in [0.717, 1.165) is 17.0 Å². The molecule has 2 unspecified atom stereocenters. The number of carbonyl (C=O) groups excluding carboxylic acids is 3. The Labute approximate surface area is 147 Å². The quantitative estimate of drug-likeness (QED) is 0.671. The van der Waals surface area contributed by atoms with Gasteiger partial charge in [-0.3, -0.25) is 14.4 Å². The second-order valence-corrected chi connectivity index (χ2v) is 6.63. The first-order valence-corrected chi connectivity index (χ1v) is 8.45. The van der Waals surface area contributed by atoms with E-state index >= 15 is 0 Å². The van der Waals surface area contributed by atoms with Crippen LogP contribution in [0.5, 0.6) is 0 Å². The zero-order valence-electron chi connectivity index (χ0n) is 14.7. The van der Waals surface area contributed by atoms with Gasteiger partial charge in [0.05, 0.1) is 6.04 Å². The van der Waals surface area contributed by atoms with E-state index in [9.17, 15) is 14.4 Å². The highest BCUT2D eigenvalue weighted by atomic mass is 16.2. The van der Waals surface area contributed by atoms with Crippen molar-refractivity contribution in [1.29, 1.82) is 0 Å². The zero-order chi connectivity index (χ0) is 18.1. The number of hydrogen-bond acceptors (Lipinski definition) is 3. The van der Waals surface area contributed by atoms with Crippen molar-refractivity contribution in [1.82, 2.24) is 9.88 Å². The Hall–Kier alpha value is -2.69. The van der Waals surface area contributed by atoms with E-state index in [-0.39, 0.29) is 5.78 Å². The lowest BCUT2D eigenvalue weighted by Crippen LogP contribution is -2.29. The summed E-state index contributed by atoms with van der Waals surface area (Å²) in [6.07, 6.45) is 1.19. The summed E-state index contributed by atoms with van der Waals surface area (Å²) in [5, 5.41) is 2.70. The van der Waals surface area contributed by atoms with Crippen LogP contribution in [0.2, 0.25) is 0 Å². The van der Waals surface area contributed by atoms with Crippen molar-refractivity contribution in [2.75, 3.05) is 0 Å². The van der Waals surface area contributed by atoms with Crippen LogP contribution in [0.15, 0.2) is 36.4 Å². The predicted molar refractivity (Wildman–Crippen MR) is 94.4 cm³/mol. The number of ketones is 2. The van der Waals surface area contributed by atoms with E-state index in [4.69, 9.17) is 0 Å². The van der Waals surface area contributed by atoms with Crippen molar-refractivity contribution in [2.24, 2.45) is 13.0 Å². The lowest BCUT2D eigenvalue weighted by molar-refractivity contribution is -0.125. The van der Waals surface area contributed by atoms with E-state index in [1.807, 2.05) is 55.8 Å². The maximum absolute atomic E-state index is 12.8. The van der Waals surface area contributed by atoms with Crippen LogP contribution in [0.3, 0.4) is 0 Å². The standard InChI is InChI=1S/C20H22N2O3/c1-12-11-15(13(2)22(12)3)18(23)17-19(24)16(21-20(17)25)10-9-14-7-5-4-6-8-14/h4-8,11,16-17H,9-10H2,1-3H3,(H,21,25). The van der Waals surface area contributed by atoms with Gasteiger partial charge in [0.2, 0.25) is 5.91 Å². The molecule has 1 aliphatic rings. The number of aromatic nitrogens is 1. The molecule has 2 atom stereocenters. The molecule has 25 heavy (non-hydrogen) atoms. The molecular formula is C20H22N2O3. The third-order valence-corrected chi connectivity index (χ3v) is 5.07. The second-order valence-electron chi connectivity index (χ2n) is 6.63. The first-order chi connectivity index (χ1) is 11.9. The van der Waals surface area contributed by atoms with Crippen molar-refractivity contribution >= 4 is 17.5 Å². The summed E-state index contributed by atoms with van der Waals surface area (Å²) < 4.78 is 1.89. The Morgan fingerprint density at radius 1 is 1.16 bits per heavy atom. The van der Waals surface area contributed by atoms with E-state index in [1.54, 1.807) is 6.07 Å². The molecule has 2 heterocycles. The van der Waals surface area contributed by atoms with Gasteiger partial charge in [-0.25, -0.2) is 0 Å². The Morgan fingerprint density at radius 3 is 2.44 bits per heavy atom. The molecule has 5 heteroatoms. The zero-order valence-corrected chi connectivity index (χ0v) is 14.7. The lowest BCUT2D eigenvalue weighted by atomic mass is 9.92. The summed E-state index contributed by atoms with van der Waals surface area (Å²) in [7, 11) is 1.86. The fraction of sp³-hybridized carbons (Fsp3) is 0.350. The smallest absolute Gasteiger partial charge is 0.239 e. The van der Waals surface area contributed by atoms with E-state index < -0.39 is 23.7 Å². The molecule has 1 aliphatic heterocycles. The topological polar surface area (TPSA) is 68.2 Å². The highest BCUT2D eigenvalue weighted by Crippen LogP contribution is 2.23. The van der Waals surface area contributed by atoms with Crippen LogP contribution in [-0.4, -0.2) is 28.1 Å². The van der Waals surface area contributed by atoms with Gasteiger partial charge in [-0.1, -0.05) is 30.3 Å². The van der Waals surface area contributed by atoms with Gasteiger partial charge in [-0.15, -0.1) is 0 Å². The normalized spacial score (nSPS) is 20.0. The third-order valence-electron chi connectivity index (χ3n) is 5.07. The van der Waals surface area contributed by atoms with Crippen molar-refractivity contribution < 1.29 is 14.4 Å². The minimum absolute atomic E-state index is 0.313. The van der Waals surface area contributed by atoms with E-state index in [1.165, 1.54) is 0 Å². The minimum atomic E-state index is -1.22. The molecule has 1 N–H and O–H groups in total. The van der Waals surface area contributed by atoms with Crippen LogP contribution in [-0.2, 0) is 23.1 Å². The van der Waals surface area contributed by atoms with Crippen LogP contribution in [0.4, 0.5) is 0 Å². The summed E-state index contributed by atoms with van der Waals surface area (Å²) in [4.78, 5) is 37.7. The van der Waals surface area contributed by atoms with Gasteiger partial charge in [0.25, 0.3) is 0 Å². The molecule has 1 aromatic carbocycles. The van der Waals surface area contributed by atoms with Crippen molar-refractivity contribution in [3.05, 3.63) is 58.9 Å². The fourth-order valence-electron chi connectivity index (χ4n) is 3.34. The molecule has 1 amide bonds. The number of benzene rings is 1. The molecule has 1 aromatic heterocycles. The average Bonchev–Trinajstić information content (AvgIpc) is 3.03. The highest BCUT2D eigenvalue weighted by molar-refractivity contribution is 6.28. The molecule has 5 nitrogen and oxygen atoms in total. The molecule has 130 valence electrons. The number of carbonyl (C=O) groups is 3. The molecule has 0 spiro atoms. The van der Waals surface area contributed by atoms with Crippen LogP contribution in [0.25, 0.3) is 0 Å². The number of nitrogens with one attached hydrogen (secondary N) is 1. The Morgan fingerprint density at radius 2 is 1.84 bits per heavy atom. The van der Waals surface area contributed by atoms with Gasteiger partial charge in [-0.2, -0.15) is 0 Å². The van der Waals surface area contributed by atoms with Gasteiger partial charge in [0, 0.05) is 24.0 Å². The second kappa shape index (κ2) is 6.67. The van der Waals surface area contributed by atoms with Gasteiger partial charge in [0.15, 0.2) is 17.5 Å². The fourth-order valence-corrected chi connectivity index (χ4v) is 3.34. The Balaban J connectivity index is 1.74. The molecule has 2 aromatic rings. The van der Waals surface area contributed by atoms with Gasteiger partial charge in [0.1, 0.15) is 0 Å². The maximum atomic E-state index is 12.8. The molecule has 0 bridgehead atoms. The Kier molecular flexibility index (Phi) is 4.57. The van der Waals surface area contributed by atoms with Gasteiger partial charge < -0.3 is 9.88 Å². The number of nitrogens with zero attached hydrogens (tertiary/aromatic N) is 1. The van der Waals surface area contributed by atoms with Crippen LogP contribution in [0, 0.1) is 19.8 Å². The monoisotopic (exact) mass is 338 g/mol. The van der Waals surface area contributed by atoms with Gasteiger partial charge >= 0.3 is 0 Å². The summed E-state index contributed by atoms with van der Waals surface area (Å²) in [6.45, 7) is 3.72. The predicted octanol–water partition coefficient (Wildman–Crippen LogP) is 2.14. The first-order valence-electron chi connectivity index (χ1n) is 8.45. The van der Waals surface area contributed by atoms with Crippen molar-refractivity contribution in [3.8, 4) is 0 Å². The summed E-state index contributed by atoms with van der Waals surface area (Å²) in [5.41, 5.74) is 3.26. The lowest BCUT2D eigenvalue weighted by Gasteiger charge is -2.09. The largest absolute Gasteiger partial charge is 0.351 e. The molecular weight excluding hydrogens is 316 g/mol. The van der Waals surface area contributed by atoms with Crippen LogP contribution in [0.1, 0.15) is 33.7 Å². The molecule has 0 radical (unpaired) electrons. The van der Waals surface area contributed by atoms with Crippen LogP contribution >= 0.6 is 0 Å². The number of rotatable bonds is 5. The molecule has 3 rings (SSSR count). The third kappa shape index (κ3) is 3.14. The highest BCUT2D eigenvalue weighted by Gasteiger charge is 2.45. The van der Waals surface area contributed by atoms with Crippen LogP contribution < -0.4 is 5.32 Å². The van der Waals surface area contributed by atoms with E-state index in [2.05, 4.69) is 5.32 Å². The van der Waals surface area contributed by atoms with E-state index in [0.29, 0.717) is 18.4 Å². The maximum Gasteiger partial charge on any atom is 0.239 e. The first kappa shape index (κ1) is 17.1. The molecule has 0 aliphatic carbocycles. The average molecular weight is 338 g/mol. The molecule has 1 fully saturated rings. The summed E-state index contributed by atoms with van der Waals surface area (Å²) >= 11 is 0. The molecule has 1 saturated heterocycles. The number of aryl methyl sites for hydroxylation is 2. The summed E-state index contributed by atoms with van der Waals surface area (Å²) in [5.74, 6) is -2.41.